The predicted octanol–water partition coefficient (Wildman–Crippen LogP) is 3.03. The number of fused-ring (bicyclic) bond motifs is 1. The topological polar surface area (TPSA) is 53.2 Å². The number of carbonyl (C=O) groups is 1. The molecule has 3 unspecified atom stereocenters. The lowest BCUT2D eigenvalue weighted by atomic mass is 9.75. The standard InChI is InChI=1S/C17H22F3N3O.ClH/c18-17(19,20)13-6-4-11(5-7-13)9-21-16(24)8-12-2-1-3-15-14(12)10-22-23-15;/h4-7,12,14-15,22-23H,1-3,8-10H2,(H,21,24);1H. The zero-order valence-corrected chi connectivity index (χ0v) is 14.6. The van der Waals surface area contributed by atoms with E-state index in [-0.39, 0.29) is 24.9 Å². The molecule has 1 aromatic rings. The number of hydrogen-bond acceptors (Lipinski definition) is 3. The van der Waals surface area contributed by atoms with Crippen molar-refractivity contribution in [3.05, 3.63) is 35.4 Å². The normalized spacial score (nSPS) is 25.8. The van der Waals surface area contributed by atoms with E-state index in [1.807, 2.05) is 0 Å². The minimum atomic E-state index is -4.33. The van der Waals surface area contributed by atoms with Gasteiger partial charge in [0.1, 0.15) is 0 Å². The van der Waals surface area contributed by atoms with Crippen LogP contribution >= 0.6 is 12.4 Å². The van der Waals surface area contributed by atoms with Gasteiger partial charge in [-0.15, -0.1) is 12.4 Å². The third-order valence-electron chi connectivity index (χ3n) is 5.06. The minimum Gasteiger partial charge on any atom is -0.352 e. The van der Waals surface area contributed by atoms with E-state index in [0.717, 1.165) is 37.9 Å². The average Bonchev–Trinajstić information content (AvgIpc) is 3.02. The van der Waals surface area contributed by atoms with Crippen molar-refractivity contribution in [2.75, 3.05) is 6.54 Å². The Morgan fingerprint density at radius 2 is 1.92 bits per heavy atom. The van der Waals surface area contributed by atoms with Gasteiger partial charge in [-0.3, -0.25) is 15.6 Å². The van der Waals surface area contributed by atoms with E-state index in [1.54, 1.807) is 0 Å². The van der Waals surface area contributed by atoms with Gasteiger partial charge in [0, 0.05) is 25.6 Å². The molecule has 2 aliphatic rings. The highest BCUT2D eigenvalue weighted by Gasteiger charge is 2.37. The monoisotopic (exact) mass is 377 g/mol. The average molecular weight is 378 g/mol. The van der Waals surface area contributed by atoms with Gasteiger partial charge in [0.25, 0.3) is 0 Å². The fourth-order valence-corrected chi connectivity index (χ4v) is 3.73. The molecule has 1 saturated carbocycles. The summed E-state index contributed by atoms with van der Waals surface area (Å²) in [6.45, 7) is 1.15. The number of rotatable bonds is 4. The summed E-state index contributed by atoms with van der Waals surface area (Å²) < 4.78 is 37.6. The van der Waals surface area contributed by atoms with Crippen LogP contribution in [0.5, 0.6) is 0 Å². The zero-order valence-electron chi connectivity index (χ0n) is 13.7. The van der Waals surface area contributed by atoms with Crippen molar-refractivity contribution < 1.29 is 18.0 Å². The quantitative estimate of drug-likeness (QED) is 0.756. The molecule has 0 aromatic heterocycles. The van der Waals surface area contributed by atoms with Crippen LogP contribution in [0.4, 0.5) is 13.2 Å². The number of amides is 1. The number of alkyl halides is 3. The molecule has 140 valence electrons. The van der Waals surface area contributed by atoms with Gasteiger partial charge in [-0.1, -0.05) is 18.6 Å². The molecule has 1 heterocycles. The van der Waals surface area contributed by atoms with Crippen LogP contribution < -0.4 is 16.2 Å². The molecule has 1 aliphatic heterocycles. The van der Waals surface area contributed by atoms with Gasteiger partial charge >= 0.3 is 6.18 Å². The summed E-state index contributed by atoms with van der Waals surface area (Å²) in [4.78, 5) is 12.2. The van der Waals surface area contributed by atoms with Crippen molar-refractivity contribution in [3.63, 3.8) is 0 Å². The Morgan fingerprint density at radius 3 is 2.60 bits per heavy atom. The second-order valence-electron chi connectivity index (χ2n) is 6.66. The molecule has 2 fully saturated rings. The molecule has 1 saturated heterocycles. The van der Waals surface area contributed by atoms with Crippen LogP contribution in [0.25, 0.3) is 0 Å². The third-order valence-corrected chi connectivity index (χ3v) is 5.06. The first kappa shape index (κ1) is 20.0. The molecular formula is C17H23ClF3N3O. The first-order chi connectivity index (χ1) is 11.4. The van der Waals surface area contributed by atoms with Gasteiger partial charge in [0.2, 0.25) is 5.91 Å². The number of nitrogens with one attached hydrogen (secondary N) is 3. The molecule has 0 radical (unpaired) electrons. The summed E-state index contributed by atoms with van der Waals surface area (Å²) in [6, 6.07) is 5.35. The third kappa shape index (κ3) is 5.09. The zero-order chi connectivity index (χ0) is 17.2. The number of halogens is 4. The minimum absolute atomic E-state index is 0. The van der Waals surface area contributed by atoms with E-state index in [9.17, 15) is 18.0 Å². The van der Waals surface area contributed by atoms with E-state index < -0.39 is 11.7 Å². The number of benzene rings is 1. The highest BCUT2D eigenvalue weighted by Crippen LogP contribution is 2.34. The molecule has 25 heavy (non-hydrogen) atoms. The Hall–Kier alpha value is -1.31. The summed E-state index contributed by atoms with van der Waals surface area (Å²) in [5.74, 6) is 0.807. The van der Waals surface area contributed by atoms with Crippen LogP contribution in [0.1, 0.15) is 36.8 Å². The second-order valence-corrected chi connectivity index (χ2v) is 6.66. The Morgan fingerprint density at radius 1 is 1.20 bits per heavy atom. The smallest absolute Gasteiger partial charge is 0.352 e. The fourth-order valence-electron chi connectivity index (χ4n) is 3.73. The van der Waals surface area contributed by atoms with Gasteiger partial charge < -0.3 is 5.32 Å². The highest BCUT2D eigenvalue weighted by atomic mass is 35.5. The molecule has 3 atom stereocenters. The van der Waals surface area contributed by atoms with E-state index in [2.05, 4.69) is 16.2 Å². The number of carbonyl (C=O) groups excluding carboxylic acids is 1. The maximum atomic E-state index is 12.5. The van der Waals surface area contributed by atoms with E-state index in [4.69, 9.17) is 0 Å². The Balaban J connectivity index is 0.00000225. The summed E-state index contributed by atoms with van der Waals surface area (Å²) in [5.41, 5.74) is 6.43. The van der Waals surface area contributed by atoms with Crippen LogP contribution in [0.2, 0.25) is 0 Å². The van der Waals surface area contributed by atoms with Crippen LogP contribution in [-0.2, 0) is 17.5 Å². The molecule has 0 bridgehead atoms. The summed E-state index contributed by atoms with van der Waals surface area (Å²) in [7, 11) is 0. The molecule has 1 amide bonds. The largest absolute Gasteiger partial charge is 0.416 e. The first-order valence-electron chi connectivity index (χ1n) is 8.34. The lowest BCUT2D eigenvalue weighted by Crippen LogP contribution is -2.38. The van der Waals surface area contributed by atoms with Crippen LogP contribution in [0.3, 0.4) is 0 Å². The summed E-state index contributed by atoms with van der Waals surface area (Å²) in [6.07, 6.45) is -0.542. The van der Waals surface area contributed by atoms with Crippen molar-refractivity contribution in [2.24, 2.45) is 11.8 Å². The Kier molecular flexibility index (Phi) is 6.71. The molecule has 4 nitrogen and oxygen atoms in total. The SMILES string of the molecule is Cl.O=C(CC1CCCC2NNCC12)NCc1ccc(C(F)(F)F)cc1. The van der Waals surface area contributed by atoms with Gasteiger partial charge in [-0.25, -0.2) is 0 Å². The predicted molar refractivity (Wildman–Crippen MR) is 90.9 cm³/mol. The molecule has 3 N–H and O–H groups in total. The lowest BCUT2D eigenvalue weighted by Gasteiger charge is -2.32. The molecule has 1 aliphatic carbocycles. The van der Waals surface area contributed by atoms with E-state index in [1.165, 1.54) is 12.1 Å². The van der Waals surface area contributed by atoms with Gasteiger partial charge in [-0.2, -0.15) is 13.2 Å². The highest BCUT2D eigenvalue weighted by molar-refractivity contribution is 5.85. The Bertz CT molecular complexity index is 579. The van der Waals surface area contributed by atoms with Crippen LogP contribution in [-0.4, -0.2) is 18.5 Å². The molecular weight excluding hydrogens is 355 g/mol. The van der Waals surface area contributed by atoms with Crippen LogP contribution in [0, 0.1) is 11.8 Å². The van der Waals surface area contributed by atoms with Crippen molar-refractivity contribution in [3.8, 4) is 0 Å². The van der Waals surface area contributed by atoms with Crippen molar-refractivity contribution in [2.45, 2.75) is 44.4 Å². The first-order valence-corrected chi connectivity index (χ1v) is 8.34. The van der Waals surface area contributed by atoms with Crippen LogP contribution in [0.15, 0.2) is 24.3 Å². The van der Waals surface area contributed by atoms with Crippen molar-refractivity contribution in [1.29, 1.82) is 0 Å². The molecule has 8 heteroatoms. The van der Waals surface area contributed by atoms with Crippen molar-refractivity contribution in [1.82, 2.24) is 16.2 Å². The molecule has 3 rings (SSSR count). The van der Waals surface area contributed by atoms with Gasteiger partial charge in [-0.05, 0) is 42.4 Å². The molecule has 0 spiro atoms. The van der Waals surface area contributed by atoms with Gasteiger partial charge in [0.15, 0.2) is 0 Å². The number of hydrogen-bond donors (Lipinski definition) is 3. The summed E-state index contributed by atoms with van der Waals surface area (Å²) >= 11 is 0. The van der Waals surface area contributed by atoms with E-state index in [0.29, 0.717) is 29.9 Å². The Labute approximate surface area is 151 Å². The maximum absolute atomic E-state index is 12.5. The van der Waals surface area contributed by atoms with Gasteiger partial charge in [0.05, 0.1) is 5.56 Å². The molecule has 1 aromatic carbocycles. The summed E-state index contributed by atoms with van der Waals surface area (Å²) in [5, 5.41) is 2.82. The fraction of sp³-hybridized carbons (Fsp3) is 0.588. The lowest BCUT2D eigenvalue weighted by molar-refractivity contribution is -0.137. The maximum Gasteiger partial charge on any atom is 0.416 e. The van der Waals surface area contributed by atoms with E-state index >= 15 is 0 Å². The second kappa shape index (κ2) is 8.38. The number of hydrazine groups is 1. The van der Waals surface area contributed by atoms with Crippen molar-refractivity contribution >= 4 is 18.3 Å².